The van der Waals surface area contributed by atoms with Crippen LogP contribution in [0.1, 0.15) is 30.5 Å². The van der Waals surface area contributed by atoms with Gasteiger partial charge in [0.05, 0.1) is 17.0 Å². The van der Waals surface area contributed by atoms with Crippen LogP contribution < -0.4 is 10.5 Å². The number of piperidine rings is 1. The van der Waals surface area contributed by atoms with Crippen LogP contribution in [0, 0.1) is 0 Å². The quantitative estimate of drug-likeness (QED) is 0.831. The summed E-state index contributed by atoms with van der Waals surface area (Å²) in [6.07, 6.45) is -0.681. The molecule has 0 aliphatic carbocycles. The van der Waals surface area contributed by atoms with Gasteiger partial charge >= 0.3 is 12.2 Å². The Kier molecular flexibility index (Phi) is 6.28. The summed E-state index contributed by atoms with van der Waals surface area (Å²) in [5.41, 5.74) is 6.62. The van der Waals surface area contributed by atoms with Crippen molar-refractivity contribution in [1.82, 2.24) is 14.9 Å². The van der Waals surface area contributed by atoms with Crippen LogP contribution in [-0.2, 0) is 12.7 Å². The zero-order valence-corrected chi connectivity index (χ0v) is 15.0. The molecule has 0 saturated carbocycles. The molecule has 0 atom stereocenters. The molecule has 0 amide bonds. The van der Waals surface area contributed by atoms with Crippen molar-refractivity contribution in [1.29, 1.82) is 0 Å². The number of hydrogen-bond acceptors (Lipinski definition) is 5. The van der Waals surface area contributed by atoms with Gasteiger partial charge in [0.25, 0.3) is 0 Å². The zero-order valence-electron chi connectivity index (χ0n) is 15.0. The predicted octanol–water partition coefficient (Wildman–Crippen LogP) is 3.49. The minimum absolute atomic E-state index is 0.193. The summed E-state index contributed by atoms with van der Waals surface area (Å²) < 4.78 is 43.9. The van der Waals surface area contributed by atoms with Crippen molar-refractivity contribution in [2.75, 3.05) is 26.2 Å². The lowest BCUT2D eigenvalue weighted by molar-refractivity contribution is -0.137. The molecular weight excluding hydrogens is 357 g/mol. The minimum Gasteiger partial charge on any atom is -0.462 e. The second-order valence-electron chi connectivity index (χ2n) is 6.56. The van der Waals surface area contributed by atoms with E-state index in [1.165, 1.54) is 31.4 Å². The van der Waals surface area contributed by atoms with Crippen LogP contribution in [0.5, 0.6) is 6.01 Å². The van der Waals surface area contributed by atoms with Crippen LogP contribution >= 0.6 is 0 Å². The number of hydrogen-bond donors (Lipinski definition) is 1. The average Bonchev–Trinajstić information content (AvgIpc) is 2.68. The highest BCUT2D eigenvalue weighted by molar-refractivity contribution is 5.60. The van der Waals surface area contributed by atoms with E-state index in [4.69, 9.17) is 10.5 Å². The Balaban J connectivity index is 1.71. The number of rotatable bonds is 6. The lowest BCUT2D eigenvalue weighted by Gasteiger charge is -2.25. The molecule has 1 aliphatic heterocycles. The van der Waals surface area contributed by atoms with E-state index >= 15 is 0 Å². The summed E-state index contributed by atoms with van der Waals surface area (Å²) in [4.78, 5) is 10.9. The van der Waals surface area contributed by atoms with Gasteiger partial charge in [-0.3, -0.25) is 4.90 Å². The molecule has 1 fully saturated rings. The fraction of sp³-hybridized carbons (Fsp3) is 0.474. The normalized spacial score (nSPS) is 15.7. The zero-order chi connectivity index (χ0) is 19.3. The van der Waals surface area contributed by atoms with Crippen LogP contribution in [0.4, 0.5) is 13.2 Å². The molecule has 0 radical (unpaired) electrons. The van der Waals surface area contributed by atoms with Gasteiger partial charge in [-0.15, -0.1) is 0 Å². The Morgan fingerprint density at radius 2 is 1.74 bits per heavy atom. The van der Waals surface area contributed by atoms with E-state index in [-0.39, 0.29) is 12.6 Å². The third-order valence-corrected chi connectivity index (χ3v) is 4.56. The van der Waals surface area contributed by atoms with Gasteiger partial charge in [0.2, 0.25) is 0 Å². The Labute approximate surface area is 156 Å². The Bertz CT molecular complexity index is 744. The highest BCUT2D eigenvalue weighted by atomic mass is 19.4. The summed E-state index contributed by atoms with van der Waals surface area (Å²) in [6, 6.07) is 6.73. The number of aromatic nitrogens is 2. The number of alkyl halides is 3. The molecule has 5 nitrogen and oxygen atoms in total. The number of ether oxygens (including phenoxy) is 1. The van der Waals surface area contributed by atoms with E-state index in [0.29, 0.717) is 23.6 Å². The second kappa shape index (κ2) is 8.67. The first-order valence-corrected chi connectivity index (χ1v) is 9.06. The Morgan fingerprint density at radius 1 is 1.04 bits per heavy atom. The summed E-state index contributed by atoms with van der Waals surface area (Å²) in [5, 5.41) is 0. The molecule has 2 N–H and O–H groups in total. The van der Waals surface area contributed by atoms with Crippen molar-refractivity contribution < 1.29 is 17.9 Å². The van der Waals surface area contributed by atoms with E-state index in [1.807, 2.05) is 0 Å². The number of nitrogens with zero attached hydrogens (tertiary/aromatic N) is 3. The van der Waals surface area contributed by atoms with Crippen LogP contribution in [-0.4, -0.2) is 41.1 Å². The maximum atomic E-state index is 12.7. The third kappa shape index (κ3) is 5.40. The molecule has 8 heteroatoms. The highest BCUT2D eigenvalue weighted by Gasteiger charge is 2.30. The van der Waals surface area contributed by atoms with E-state index in [0.717, 1.165) is 31.8 Å². The molecule has 1 aliphatic rings. The van der Waals surface area contributed by atoms with Crippen LogP contribution in [0.2, 0.25) is 0 Å². The maximum absolute atomic E-state index is 12.7. The monoisotopic (exact) mass is 380 g/mol. The highest BCUT2D eigenvalue weighted by Crippen LogP contribution is 2.31. The van der Waals surface area contributed by atoms with Crippen molar-refractivity contribution in [2.45, 2.75) is 32.0 Å². The van der Waals surface area contributed by atoms with Crippen LogP contribution in [0.25, 0.3) is 11.3 Å². The maximum Gasteiger partial charge on any atom is 0.416 e. The molecule has 0 unspecified atom stereocenters. The van der Waals surface area contributed by atoms with Crippen molar-refractivity contribution in [2.24, 2.45) is 5.73 Å². The Morgan fingerprint density at radius 3 is 2.37 bits per heavy atom. The minimum atomic E-state index is -4.37. The van der Waals surface area contributed by atoms with Crippen molar-refractivity contribution in [3.63, 3.8) is 0 Å². The second-order valence-corrected chi connectivity index (χ2v) is 6.56. The SMILES string of the molecule is NCc1cc(-c2ccc(C(F)(F)F)cc2)nc(OCCN2CCCCC2)n1. The standard InChI is InChI=1S/C19H23F3N4O/c20-19(21,22)15-6-4-14(5-7-15)17-12-16(13-23)24-18(25-17)27-11-10-26-8-2-1-3-9-26/h4-7,12H,1-3,8-11,13,23H2. The first-order valence-electron chi connectivity index (χ1n) is 9.06. The lowest BCUT2D eigenvalue weighted by Crippen LogP contribution is -2.33. The number of likely N-dealkylation sites (tertiary alicyclic amines) is 1. The fourth-order valence-electron chi connectivity index (χ4n) is 3.07. The fourth-order valence-corrected chi connectivity index (χ4v) is 3.07. The smallest absolute Gasteiger partial charge is 0.416 e. The molecule has 1 aromatic carbocycles. The largest absolute Gasteiger partial charge is 0.462 e. The molecule has 1 saturated heterocycles. The van der Waals surface area contributed by atoms with Crippen molar-refractivity contribution >= 4 is 0 Å². The van der Waals surface area contributed by atoms with Crippen molar-refractivity contribution in [3.8, 4) is 17.3 Å². The van der Waals surface area contributed by atoms with Gasteiger partial charge in [-0.2, -0.15) is 23.1 Å². The van der Waals surface area contributed by atoms with Gasteiger partial charge in [0.15, 0.2) is 0 Å². The van der Waals surface area contributed by atoms with Gasteiger partial charge in [-0.1, -0.05) is 18.6 Å². The van der Waals surface area contributed by atoms with Gasteiger partial charge in [0.1, 0.15) is 6.61 Å². The molecule has 27 heavy (non-hydrogen) atoms. The van der Waals surface area contributed by atoms with Crippen molar-refractivity contribution in [3.05, 3.63) is 41.6 Å². The first-order chi connectivity index (χ1) is 13.0. The van der Waals surface area contributed by atoms with E-state index in [1.54, 1.807) is 6.07 Å². The van der Waals surface area contributed by atoms with Crippen LogP contribution in [0.15, 0.2) is 30.3 Å². The summed E-state index contributed by atoms with van der Waals surface area (Å²) >= 11 is 0. The predicted molar refractivity (Wildman–Crippen MR) is 96.1 cm³/mol. The van der Waals surface area contributed by atoms with Gasteiger partial charge in [-0.25, -0.2) is 0 Å². The molecule has 0 spiro atoms. The van der Waals surface area contributed by atoms with Crippen LogP contribution in [0.3, 0.4) is 0 Å². The van der Waals surface area contributed by atoms with Gasteiger partial charge in [0, 0.05) is 18.7 Å². The number of nitrogens with two attached hydrogens (primary N) is 1. The molecule has 3 rings (SSSR count). The summed E-state index contributed by atoms with van der Waals surface area (Å²) in [5.74, 6) is 0. The topological polar surface area (TPSA) is 64.3 Å². The first kappa shape index (κ1) is 19.6. The molecule has 1 aromatic heterocycles. The number of halogens is 3. The number of benzene rings is 1. The van der Waals surface area contributed by atoms with E-state index in [9.17, 15) is 13.2 Å². The third-order valence-electron chi connectivity index (χ3n) is 4.56. The molecular formula is C19H23F3N4O. The van der Waals surface area contributed by atoms with Gasteiger partial charge in [-0.05, 0) is 44.1 Å². The molecule has 2 aromatic rings. The van der Waals surface area contributed by atoms with Gasteiger partial charge < -0.3 is 10.5 Å². The lowest BCUT2D eigenvalue weighted by atomic mass is 10.1. The average molecular weight is 380 g/mol. The summed E-state index contributed by atoms with van der Waals surface area (Å²) in [6.45, 7) is 3.60. The van der Waals surface area contributed by atoms with E-state index in [2.05, 4.69) is 14.9 Å². The molecule has 2 heterocycles. The Hall–Kier alpha value is -2.19. The molecule has 0 bridgehead atoms. The van der Waals surface area contributed by atoms with E-state index < -0.39 is 11.7 Å². The molecule has 146 valence electrons. The summed E-state index contributed by atoms with van der Waals surface area (Å²) in [7, 11) is 0.